The zero-order valence-electron chi connectivity index (χ0n) is 11.7. The third kappa shape index (κ3) is 2.89. The second-order valence-corrected chi connectivity index (χ2v) is 5.19. The van der Waals surface area contributed by atoms with Gasteiger partial charge in [-0.25, -0.2) is 0 Å². The van der Waals surface area contributed by atoms with Crippen LogP contribution in [0.1, 0.15) is 36.5 Å². The normalized spacial score (nSPS) is 16.1. The third-order valence-electron chi connectivity index (χ3n) is 3.92. The Labute approximate surface area is 117 Å². The van der Waals surface area contributed by atoms with E-state index in [9.17, 15) is 14.9 Å². The van der Waals surface area contributed by atoms with Gasteiger partial charge in [0.05, 0.1) is 4.92 Å². The number of nitrogens with zero attached hydrogens (tertiary/aromatic N) is 1. The van der Waals surface area contributed by atoms with Crippen LogP contribution in [0.4, 0.5) is 11.4 Å². The minimum Gasteiger partial charge on any atom is -0.377 e. The molecule has 0 aliphatic heterocycles. The molecule has 6 nitrogen and oxygen atoms in total. The van der Waals surface area contributed by atoms with Gasteiger partial charge in [-0.2, -0.15) is 0 Å². The van der Waals surface area contributed by atoms with E-state index >= 15 is 0 Å². The number of nitro groups is 1. The number of nitro benzene ring substituents is 1. The fourth-order valence-electron chi connectivity index (χ4n) is 2.39. The van der Waals surface area contributed by atoms with Gasteiger partial charge in [0, 0.05) is 24.7 Å². The first kappa shape index (κ1) is 14.3. The minimum atomic E-state index is -0.456. The van der Waals surface area contributed by atoms with Crippen molar-refractivity contribution < 1.29 is 9.72 Å². The summed E-state index contributed by atoms with van der Waals surface area (Å²) < 4.78 is 0. The highest BCUT2D eigenvalue weighted by Gasteiger charge is 2.26. The Morgan fingerprint density at radius 2 is 2.15 bits per heavy atom. The van der Waals surface area contributed by atoms with E-state index < -0.39 is 4.92 Å². The van der Waals surface area contributed by atoms with Crippen LogP contribution < -0.4 is 10.6 Å². The molecule has 0 radical (unpaired) electrons. The summed E-state index contributed by atoms with van der Waals surface area (Å²) in [5, 5.41) is 16.8. The van der Waals surface area contributed by atoms with Crippen LogP contribution in [-0.2, 0) is 0 Å². The van der Waals surface area contributed by atoms with Crippen LogP contribution in [0.2, 0.25) is 0 Å². The van der Waals surface area contributed by atoms with Gasteiger partial charge in [0.15, 0.2) is 0 Å². The summed E-state index contributed by atoms with van der Waals surface area (Å²) in [4.78, 5) is 22.2. The Balaban J connectivity index is 2.23. The van der Waals surface area contributed by atoms with Gasteiger partial charge < -0.3 is 10.6 Å². The molecule has 0 aromatic heterocycles. The molecule has 1 aromatic carbocycles. The molecule has 1 amide bonds. The highest BCUT2D eigenvalue weighted by Crippen LogP contribution is 2.33. The number of benzene rings is 1. The molecule has 0 bridgehead atoms. The molecule has 1 unspecified atom stereocenters. The molecular weight excluding hydrogens is 258 g/mol. The SMILES string of the molecule is CNC(=O)c1ccc(NC(C)C2CCC2)c([N+](=O)[O-])c1. The van der Waals surface area contributed by atoms with Crippen molar-refractivity contribution in [2.24, 2.45) is 5.92 Å². The summed E-state index contributed by atoms with van der Waals surface area (Å²) in [6.45, 7) is 2.04. The number of hydrogen-bond acceptors (Lipinski definition) is 4. The van der Waals surface area contributed by atoms with E-state index in [1.54, 1.807) is 12.1 Å². The molecule has 6 heteroatoms. The summed E-state index contributed by atoms with van der Waals surface area (Å²) >= 11 is 0. The number of amides is 1. The largest absolute Gasteiger partial charge is 0.377 e. The van der Waals surface area contributed by atoms with Gasteiger partial charge in [0.2, 0.25) is 0 Å². The fourth-order valence-corrected chi connectivity index (χ4v) is 2.39. The van der Waals surface area contributed by atoms with Crippen molar-refractivity contribution in [2.45, 2.75) is 32.2 Å². The molecule has 1 atom stereocenters. The molecule has 1 fully saturated rings. The summed E-state index contributed by atoms with van der Waals surface area (Å²) in [6, 6.07) is 4.72. The monoisotopic (exact) mass is 277 g/mol. The first-order valence-corrected chi connectivity index (χ1v) is 6.80. The van der Waals surface area contributed by atoms with Crippen LogP contribution in [0.15, 0.2) is 18.2 Å². The van der Waals surface area contributed by atoms with Crippen molar-refractivity contribution >= 4 is 17.3 Å². The quantitative estimate of drug-likeness (QED) is 0.640. The molecule has 1 aliphatic rings. The predicted molar refractivity (Wildman–Crippen MR) is 76.9 cm³/mol. The summed E-state index contributed by atoms with van der Waals surface area (Å²) in [7, 11) is 1.50. The molecule has 0 saturated heterocycles. The van der Waals surface area contributed by atoms with E-state index in [0.717, 1.165) is 12.8 Å². The van der Waals surface area contributed by atoms with Gasteiger partial charge in [-0.1, -0.05) is 6.42 Å². The van der Waals surface area contributed by atoms with Crippen molar-refractivity contribution in [3.63, 3.8) is 0 Å². The highest BCUT2D eigenvalue weighted by atomic mass is 16.6. The standard InChI is InChI=1S/C14H19N3O3/c1-9(10-4-3-5-10)16-12-7-6-11(14(18)15-2)8-13(12)17(19)20/h6-10,16H,3-5H2,1-2H3,(H,15,18). The zero-order chi connectivity index (χ0) is 14.7. The van der Waals surface area contributed by atoms with E-state index in [0.29, 0.717) is 17.2 Å². The minimum absolute atomic E-state index is 0.0581. The van der Waals surface area contributed by atoms with E-state index in [-0.39, 0.29) is 17.6 Å². The molecule has 0 spiro atoms. The Bertz CT molecular complexity index is 526. The zero-order valence-corrected chi connectivity index (χ0v) is 11.7. The maximum Gasteiger partial charge on any atom is 0.293 e. The van der Waals surface area contributed by atoms with Crippen LogP contribution in [0.3, 0.4) is 0 Å². The smallest absolute Gasteiger partial charge is 0.293 e. The third-order valence-corrected chi connectivity index (χ3v) is 3.92. The number of rotatable bonds is 5. The number of nitrogens with one attached hydrogen (secondary N) is 2. The summed E-state index contributed by atoms with van der Waals surface area (Å²) in [5.41, 5.74) is 0.709. The van der Waals surface area contributed by atoms with Crippen LogP contribution in [0.25, 0.3) is 0 Å². The average Bonchev–Trinajstić information content (AvgIpc) is 2.35. The van der Waals surface area contributed by atoms with Crippen molar-refractivity contribution in [3.8, 4) is 0 Å². The van der Waals surface area contributed by atoms with Gasteiger partial charge in [0.1, 0.15) is 5.69 Å². The lowest BCUT2D eigenvalue weighted by Crippen LogP contribution is -2.31. The fraction of sp³-hybridized carbons (Fsp3) is 0.500. The molecule has 0 heterocycles. The van der Waals surface area contributed by atoms with Gasteiger partial charge >= 0.3 is 0 Å². The van der Waals surface area contributed by atoms with Gasteiger partial charge in [-0.05, 0) is 37.8 Å². The molecule has 2 rings (SSSR count). The lowest BCUT2D eigenvalue weighted by atomic mass is 9.80. The van der Waals surface area contributed by atoms with E-state index in [4.69, 9.17) is 0 Å². The van der Waals surface area contributed by atoms with E-state index in [2.05, 4.69) is 10.6 Å². The van der Waals surface area contributed by atoms with Crippen molar-refractivity contribution in [1.82, 2.24) is 5.32 Å². The Morgan fingerprint density at radius 1 is 1.45 bits per heavy atom. The first-order valence-electron chi connectivity index (χ1n) is 6.80. The second-order valence-electron chi connectivity index (χ2n) is 5.19. The molecular formula is C14H19N3O3. The van der Waals surface area contributed by atoms with Crippen LogP contribution in [-0.4, -0.2) is 23.9 Å². The molecule has 1 saturated carbocycles. The molecule has 20 heavy (non-hydrogen) atoms. The highest BCUT2D eigenvalue weighted by molar-refractivity contribution is 5.95. The van der Waals surface area contributed by atoms with Crippen molar-refractivity contribution in [1.29, 1.82) is 0 Å². The van der Waals surface area contributed by atoms with Crippen molar-refractivity contribution in [3.05, 3.63) is 33.9 Å². The maximum absolute atomic E-state index is 11.5. The Hall–Kier alpha value is -2.11. The predicted octanol–water partition coefficient (Wildman–Crippen LogP) is 2.55. The van der Waals surface area contributed by atoms with Gasteiger partial charge in [0.25, 0.3) is 11.6 Å². The number of carbonyl (C=O) groups excluding carboxylic acids is 1. The average molecular weight is 277 g/mol. The number of carbonyl (C=O) groups is 1. The van der Waals surface area contributed by atoms with Crippen LogP contribution in [0, 0.1) is 16.0 Å². The lowest BCUT2D eigenvalue weighted by Gasteiger charge is -2.32. The maximum atomic E-state index is 11.5. The van der Waals surface area contributed by atoms with Crippen LogP contribution in [0.5, 0.6) is 0 Å². The Kier molecular flexibility index (Phi) is 4.22. The molecule has 1 aliphatic carbocycles. The van der Waals surface area contributed by atoms with Gasteiger partial charge in [-0.15, -0.1) is 0 Å². The van der Waals surface area contributed by atoms with Crippen LogP contribution >= 0.6 is 0 Å². The lowest BCUT2D eigenvalue weighted by molar-refractivity contribution is -0.384. The first-order chi connectivity index (χ1) is 9.52. The number of anilines is 1. The van der Waals surface area contributed by atoms with Crippen molar-refractivity contribution in [2.75, 3.05) is 12.4 Å². The van der Waals surface area contributed by atoms with Gasteiger partial charge in [-0.3, -0.25) is 14.9 Å². The molecule has 1 aromatic rings. The molecule has 108 valence electrons. The topological polar surface area (TPSA) is 84.3 Å². The van der Waals surface area contributed by atoms with E-state index in [1.165, 1.54) is 19.5 Å². The molecule has 2 N–H and O–H groups in total. The second kappa shape index (κ2) is 5.90. The summed E-state index contributed by atoms with van der Waals surface area (Å²) in [5.74, 6) is 0.250. The Morgan fingerprint density at radius 3 is 2.65 bits per heavy atom. The van der Waals surface area contributed by atoms with E-state index in [1.807, 2.05) is 6.92 Å². The summed E-state index contributed by atoms with van der Waals surface area (Å²) in [6.07, 6.45) is 3.56. The number of hydrogen-bond donors (Lipinski definition) is 2.